The van der Waals surface area contributed by atoms with Crippen LogP contribution in [0.3, 0.4) is 0 Å². The molecule has 1 heterocycles. The second-order valence-electron chi connectivity index (χ2n) is 4.61. The van der Waals surface area contributed by atoms with Gasteiger partial charge in [-0.3, -0.25) is 0 Å². The van der Waals surface area contributed by atoms with Gasteiger partial charge in [0.15, 0.2) is 0 Å². The molecule has 2 aromatic carbocycles. The van der Waals surface area contributed by atoms with Crippen LogP contribution >= 0.6 is 22.9 Å². The summed E-state index contributed by atoms with van der Waals surface area (Å²) in [5, 5.41) is 7.01. The van der Waals surface area contributed by atoms with Crippen molar-refractivity contribution in [1.29, 1.82) is 0 Å². The van der Waals surface area contributed by atoms with Crippen LogP contribution in [0.15, 0.2) is 47.8 Å². The Kier molecular flexibility index (Phi) is 4.01. The van der Waals surface area contributed by atoms with E-state index in [2.05, 4.69) is 35.0 Å². The summed E-state index contributed by atoms with van der Waals surface area (Å²) < 4.78 is 14.4. The fourth-order valence-corrected chi connectivity index (χ4v) is 3.33. The minimum atomic E-state index is -0.376. The zero-order valence-electron chi connectivity index (χ0n) is 10.7. The lowest BCUT2D eigenvalue weighted by Crippen LogP contribution is -2.12. The van der Waals surface area contributed by atoms with Crippen molar-refractivity contribution in [2.45, 2.75) is 13.1 Å². The molecule has 0 unspecified atom stereocenters. The first kappa shape index (κ1) is 13.6. The monoisotopic (exact) mass is 305 g/mol. The number of halogens is 2. The molecular weight excluding hydrogens is 293 g/mol. The van der Waals surface area contributed by atoms with E-state index in [1.807, 2.05) is 0 Å². The van der Waals surface area contributed by atoms with Gasteiger partial charge in [0, 0.05) is 17.8 Å². The summed E-state index contributed by atoms with van der Waals surface area (Å²) in [5.74, 6) is -0.376. The summed E-state index contributed by atoms with van der Waals surface area (Å²) in [6, 6.07) is 13.2. The molecule has 0 aliphatic carbocycles. The molecule has 102 valence electrons. The fraction of sp³-hybridized carbons (Fsp3) is 0.125. The zero-order valence-corrected chi connectivity index (χ0v) is 12.3. The predicted molar refractivity (Wildman–Crippen MR) is 83.8 cm³/mol. The Morgan fingerprint density at radius 1 is 1.10 bits per heavy atom. The van der Waals surface area contributed by atoms with Gasteiger partial charge in [0.1, 0.15) is 5.82 Å². The van der Waals surface area contributed by atoms with Crippen LogP contribution in [0, 0.1) is 5.82 Å². The van der Waals surface area contributed by atoms with Crippen molar-refractivity contribution in [1.82, 2.24) is 5.32 Å². The molecule has 1 N–H and O–H groups in total. The summed E-state index contributed by atoms with van der Waals surface area (Å²) in [6.45, 7) is 1.46. The summed E-state index contributed by atoms with van der Waals surface area (Å²) in [7, 11) is 0. The number of hydrogen-bond donors (Lipinski definition) is 1. The average Bonchev–Trinajstić information content (AvgIpc) is 2.86. The maximum Gasteiger partial charge on any atom is 0.141 e. The number of hydrogen-bond acceptors (Lipinski definition) is 2. The highest BCUT2D eigenvalue weighted by Crippen LogP contribution is 2.25. The van der Waals surface area contributed by atoms with Crippen molar-refractivity contribution in [3.8, 4) is 0 Å². The Morgan fingerprint density at radius 2 is 1.95 bits per heavy atom. The minimum absolute atomic E-state index is 0.172. The Labute approximate surface area is 126 Å². The Bertz CT molecular complexity index is 738. The van der Waals surface area contributed by atoms with Crippen LogP contribution < -0.4 is 5.32 Å². The maximum atomic E-state index is 13.1. The van der Waals surface area contributed by atoms with Crippen LogP contribution in [0.25, 0.3) is 10.1 Å². The first-order chi connectivity index (χ1) is 9.74. The van der Waals surface area contributed by atoms with E-state index >= 15 is 0 Å². The molecule has 0 amide bonds. The second-order valence-corrected chi connectivity index (χ2v) is 5.93. The van der Waals surface area contributed by atoms with Crippen LogP contribution in [0.4, 0.5) is 4.39 Å². The van der Waals surface area contributed by atoms with Gasteiger partial charge in [-0.05, 0) is 40.1 Å². The van der Waals surface area contributed by atoms with Crippen molar-refractivity contribution in [2.75, 3.05) is 0 Å². The van der Waals surface area contributed by atoms with Crippen LogP contribution in [0.2, 0.25) is 5.02 Å². The second kappa shape index (κ2) is 5.92. The molecule has 0 radical (unpaired) electrons. The number of nitrogens with one attached hydrogen (secondary N) is 1. The molecule has 3 rings (SSSR count). The molecule has 1 aromatic heterocycles. The Hall–Kier alpha value is -1.42. The van der Waals surface area contributed by atoms with E-state index in [9.17, 15) is 4.39 Å². The molecule has 0 aliphatic heterocycles. The van der Waals surface area contributed by atoms with E-state index in [-0.39, 0.29) is 10.8 Å². The van der Waals surface area contributed by atoms with E-state index < -0.39 is 0 Å². The maximum absolute atomic E-state index is 13.1. The van der Waals surface area contributed by atoms with Crippen molar-refractivity contribution in [3.05, 3.63) is 69.8 Å². The van der Waals surface area contributed by atoms with Crippen molar-refractivity contribution >= 4 is 33.0 Å². The highest BCUT2D eigenvalue weighted by atomic mass is 35.5. The molecule has 1 nitrogen and oxygen atoms in total. The van der Waals surface area contributed by atoms with Gasteiger partial charge in [-0.25, -0.2) is 4.39 Å². The lowest BCUT2D eigenvalue weighted by Gasteiger charge is -2.05. The summed E-state index contributed by atoms with van der Waals surface area (Å²) >= 11 is 7.52. The van der Waals surface area contributed by atoms with Gasteiger partial charge in [-0.15, -0.1) is 11.3 Å². The Balaban J connectivity index is 1.66. The molecule has 0 saturated carbocycles. The average molecular weight is 306 g/mol. The molecule has 3 aromatic rings. The summed E-state index contributed by atoms with van der Waals surface area (Å²) in [5.41, 5.74) is 2.27. The van der Waals surface area contributed by atoms with Crippen molar-refractivity contribution in [3.63, 3.8) is 0 Å². The third-order valence-electron chi connectivity index (χ3n) is 3.19. The van der Waals surface area contributed by atoms with E-state index in [0.717, 1.165) is 12.1 Å². The minimum Gasteiger partial charge on any atom is -0.309 e. The van der Waals surface area contributed by atoms with Crippen LogP contribution in [0.5, 0.6) is 0 Å². The lowest BCUT2D eigenvalue weighted by molar-refractivity contribution is 0.625. The van der Waals surface area contributed by atoms with Crippen molar-refractivity contribution in [2.24, 2.45) is 0 Å². The van der Waals surface area contributed by atoms with E-state index in [1.165, 1.54) is 21.7 Å². The zero-order chi connectivity index (χ0) is 13.9. The van der Waals surface area contributed by atoms with Gasteiger partial charge in [0.05, 0.1) is 5.02 Å². The van der Waals surface area contributed by atoms with Gasteiger partial charge in [-0.1, -0.05) is 35.9 Å². The van der Waals surface area contributed by atoms with Gasteiger partial charge in [-0.2, -0.15) is 0 Å². The van der Waals surface area contributed by atoms with Gasteiger partial charge >= 0.3 is 0 Å². The molecule has 0 aliphatic rings. The number of fused-ring (bicyclic) bond motifs is 1. The standard InChI is InChI=1S/C16H13ClFNS/c17-14-7-11(5-6-15(14)18)8-19-9-12-10-20-16-4-2-1-3-13(12)16/h1-7,10,19H,8-9H2. The predicted octanol–water partition coefficient (Wildman–Crippen LogP) is 4.98. The van der Waals surface area contributed by atoms with E-state index in [1.54, 1.807) is 23.5 Å². The normalized spacial score (nSPS) is 11.1. The van der Waals surface area contributed by atoms with Gasteiger partial charge < -0.3 is 5.32 Å². The van der Waals surface area contributed by atoms with Gasteiger partial charge in [0.25, 0.3) is 0 Å². The largest absolute Gasteiger partial charge is 0.309 e. The lowest BCUT2D eigenvalue weighted by atomic mass is 10.1. The smallest absolute Gasteiger partial charge is 0.141 e. The molecule has 0 bridgehead atoms. The first-order valence-corrected chi connectivity index (χ1v) is 7.59. The third kappa shape index (κ3) is 2.85. The first-order valence-electron chi connectivity index (χ1n) is 6.34. The molecule has 4 heteroatoms. The number of benzene rings is 2. The third-order valence-corrected chi connectivity index (χ3v) is 4.49. The van der Waals surface area contributed by atoms with Crippen LogP contribution in [0.1, 0.15) is 11.1 Å². The Morgan fingerprint density at radius 3 is 2.80 bits per heavy atom. The van der Waals surface area contributed by atoms with Crippen molar-refractivity contribution < 1.29 is 4.39 Å². The molecule has 20 heavy (non-hydrogen) atoms. The highest BCUT2D eigenvalue weighted by Gasteiger charge is 2.04. The van der Waals surface area contributed by atoms with E-state index in [4.69, 9.17) is 11.6 Å². The molecule has 0 fully saturated rings. The fourth-order valence-electron chi connectivity index (χ4n) is 2.16. The SMILES string of the molecule is Fc1ccc(CNCc2csc3ccccc23)cc1Cl. The molecular formula is C16H13ClFNS. The molecule has 0 atom stereocenters. The number of thiophene rings is 1. The highest BCUT2D eigenvalue weighted by molar-refractivity contribution is 7.17. The quantitative estimate of drug-likeness (QED) is 0.716. The summed E-state index contributed by atoms with van der Waals surface area (Å²) in [6.07, 6.45) is 0. The molecule has 0 spiro atoms. The number of rotatable bonds is 4. The van der Waals surface area contributed by atoms with Crippen LogP contribution in [-0.4, -0.2) is 0 Å². The summed E-state index contributed by atoms with van der Waals surface area (Å²) in [4.78, 5) is 0. The molecule has 0 saturated heterocycles. The topological polar surface area (TPSA) is 12.0 Å². The van der Waals surface area contributed by atoms with Crippen LogP contribution in [-0.2, 0) is 13.1 Å². The van der Waals surface area contributed by atoms with Gasteiger partial charge in [0.2, 0.25) is 0 Å². The van der Waals surface area contributed by atoms with E-state index in [0.29, 0.717) is 6.54 Å².